The number of nitrogens with two attached hydrogens (primary N) is 1. The SMILES string of the molecule is COc1cccc(CN2CCc3ccccc3C2C(N)=O)c1. The third kappa shape index (κ3) is 2.83. The molecule has 3 rings (SSSR count). The highest BCUT2D eigenvalue weighted by Crippen LogP contribution is 2.31. The molecule has 1 unspecified atom stereocenters. The van der Waals surface area contributed by atoms with E-state index in [0.29, 0.717) is 6.54 Å². The maximum Gasteiger partial charge on any atom is 0.239 e. The summed E-state index contributed by atoms with van der Waals surface area (Å²) in [5.41, 5.74) is 9.04. The highest BCUT2D eigenvalue weighted by atomic mass is 16.5. The first-order chi connectivity index (χ1) is 10.7. The summed E-state index contributed by atoms with van der Waals surface area (Å²) in [6.07, 6.45) is 0.934. The molecule has 0 saturated carbocycles. The van der Waals surface area contributed by atoms with Gasteiger partial charge in [0.25, 0.3) is 0 Å². The first-order valence-electron chi connectivity index (χ1n) is 7.43. The van der Waals surface area contributed by atoms with Gasteiger partial charge in [-0.25, -0.2) is 0 Å². The van der Waals surface area contributed by atoms with Gasteiger partial charge in [0.05, 0.1) is 7.11 Å². The van der Waals surface area contributed by atoms with Crippen molar-refractivity contribution < 1.29 is 9.53 Å². The van der Waals surface area contributed by atoms with E-state index in [1.807, 2.05) is 42.5 Å². The summed E-state index contributed by atoms with van der Waals surface area (Å²) in [5, 5.41) is 0. The summed E-state index contributed by atoms with van der Waals surface area (Å²) in [6, 6.07) is 15.6. The molecule has 1 aliphatic heterocycles. The maximum absolute atomic E-state index is 12.0. The minimum atomic E-state index is -0.365. The summed E-state index contributed by atoms with van der Waals surface area (Å²) in [7, 11) is 1.66. The van der Waals surface area contributed by atoms with Crippen LogP contribution in [0.3, 0.4) is 0 Å². The van der Waals surface area contributed by atoms with Crippen molar-refractivity contribution in [3.8, 4) is 5.75 Å². The van der Waals surface area contributed by atoms with Gasteiger partial charge in [0.1, 0.15) is 11.8 Å². The molecule has 0 radical (unpaired) electrons. The number of rotatable bonds is 4. The number of carbonyl (C=O) groups is 1. The summed E-state index contributed by atoms with van der Waals surface area (Å²) in [6.45, 7) is 1.50. The Morgan fingerprint density at radius 2 is 2.09 bits per heavy atom. The van der Waals surface area contributed by atoms with E-state index in [-0.39, 0.29) is 11.9 Å². The zero-order valence-corrected chi connectivity index (χ0v) is 12.7. The number of carbonyl (C=O) groups excluding carboxylic acids is 1. The van der Waals surface area contributed by atoms with Gasteiger partial charge in [0, 0.05) is 13.1 Å². The fourth-order valence-electron chi connectivity index (χ4n) is 3.13. The highest BCUT2D eigenvalue weighted by Gasteiger charge is 2.31. The second kappa shape index (κ2) is 6.20. The first-order valence-corrected chi connectivity index (χ1v) is 7.43. The quantitative estimate of drug-likeness (QED) is 0.941. The molecule has 114 valence electrons. The number of fused-ring (bicyclic) bond motifs is 1. The van der Waals surface area contributed by atoms with Gasteiger partial charge in [0.2, 0.25) is 5.91 Å². The van der Waals surface area contributed by atoms with E-state index in [0.717, 1.165) is 29.8 Å². The number of hydrogen-bond donors (Lipinski definition) is 1. The van der Waals surface area contributed by atoms with Gasteiger partial charge >= 0.3 is 0 Å². The monoisotopic (exact) mass is 296 g/mol. The van der Waals surface area contributed by atoms with Gasteiger partial charge in [-0.15, -0.1) is 0 Å². The lowest BCUT2D eigenvalue weighted by Crippen LogP contribution is -2.42. The van der Waals surface area contributed by atoms with E-state index < -0.39 is 0 Å². The Balaban J connectivity index is 1.88. The zero-order valence-electron chi connectivity index (χ0n) is 12.7. The van der Waals surface area contributed by atoms with E-state index in [9.17, 15) is 4.79 Å². The van der Waals surface area contributed by atoms with E-state index in [4.69, 9.17) is 10.5 Å². The van der Waals surface area contributed by atoms with E-state index >= 15 is 0 Å². The number of benzene rings is 2. The molecule has 1 heterocycles. The number of primary amides is 1. The van der Waals surface area contributed by atoms with Crippen molar-refractivity contribution in [2.75, 3.05) is 13.7 Å². The molecule has 4 nitrogen and oxygen atoms in total. The van der Waals surface area contributed by atoms with Crippen molar-refractivity contribution in [2.24, 2.45) is 5.73 Å². The number of hydrogen-bond acceptors (Lipinski definition) is 3. The van der Waals surface area contributed by atoms with Crippen LogP contribution in [0, 0.1) is 0 Å². The number of methoxy groups -OCH3 is 1. The van der Waals surface area contributed by atoms with Crippen LogP contribution in [-0.2, 0) is 17.8 Å². The maximum atomic E-state index is 12.0. The minimum absolute atomic E-state index is 0.296. The predicted octanol–water partition coefficient (Wildman–Crippen LogP) is 2.28. The molecular weight excluding hydrogens is 276 g/mol. The second-order valence-electron chi connectivity index (χ2n) is 5.58. The molecule has 0 fully saturated rings. The Bertz CT molecular complexity index is 684. The van der Waals surface area contributed by atoms with Crippen LogP contribution in [0.2, 0.25) is 0 Å². The molecule has 2 N–H and O–H groups in total. The number of ether oxygens (including phenoxy) is 1. The molecule has 2 aromatic carbocycles. The topological polar surface area (TPSA) is 55.6 Å². The molecule has 0 bridgehead atoms. The average molecular weight is 296 g/mol. The molecule has 1 atom stereocenters. The fraction of sp³-hybridized carbons (Fsp3) is 0.278. The molecule has 0 aromatic heterocycles. The van der Waals surface area contributed by atoms with Crippen molar-refractivity contribution in [3.63, 3.8) is 0 Å². The molecular formula is C18H20N2O2. The van der Waals surface area contributed by atoms with Crippen LogP contribution in [0.1, 0.15) is 22.7 Å². The fourth-order valence-corrected chi connectivity index (χ4v) is 3.13. The lowest BCUT2D eigenvalue weighted by molar-refractivity contribution is -0.124. The van der Waals surface area contributed by atoms with Gasteiger partial charge in [-0.1, -0.05) is 36.4 Å². The third-order valence-corrected chi connectivity index (χ3v) is 4.17. The normalized spacial score (nSPS) is 17.8. The van der Waals surface area contributed by atoms with Crippen LogP contribution in [0.15, 0.2) is 48.5 Å². The van der Waals surface area contributed by atoms with Crippen molar-refractivity contribution in [1.82, 2.24) is 4.90 Å². The molecule has 22 heavy (non-hydrogen) atoms. The Labute approximate surface area is 130 Å². The molecule has 2 aromatic rings. The van der Waals surface area contributed by atoms with E-state index in [1.165, 1.54) is 5.56 Å². The summed E-state index contributed by atoms with van der Waals surface area (Å²) in [5.74, 6) is 0.528. The lowest BCUT2D eigenvalue weighted by atomic mass is 9.92. The summed E-state index contributed by atoms with van der Waals surface area (Å²) >= 11 is 0. The predicted molar refractivity (Wildman–Crippen MR) is 85.5 cm³/mol. The van der Waals surface area contributed by atoms with Crippen LogP contribution in [0.5, 0.6) is 5.75 Å². The number of amides is 1. The van der Waals surface area contributed by atoms with Crippen molar-refractivity contribution in [2.45, 2.75) is 19.0 Å². The molecule has 4 heteroatoms. The van der Waals surface area contributed by atoms with Crippen LogP contribution in [-0.4, -0.2) is 24.5 Å². The van der Waals surface area contributed by atoms with Crippen LogP contribution in [0.25, 0.3) is 0 Å². The van der Waals surface area contributed by atoms with Crippen molar-refractivity contribution >= 4 is 5.91 Å². The first kappa shape index (κ1) is 14.6. The van der Waals surface area contributed by atoms with Gasteiger partial charge in [-0.3, -0.25) is 9.69 Å². The Morgan fingerprint density at radius 3 is 2.86 bits per heavy atom. The third-order valence-electron chi connectivity index (χ3n) is 4.17. The Morgan fingerprint density at radius 1 is 1.27 bits per heavy atom. The molecule has 0 aliphatic carbocycles. The van der Waals surface area contributed by atoms with Gasteiger partial charge < -0.3 is 10.5 Å². The molecule has 1 amide bonds. The van der Waals surface area contributed by atoms with Crippen LogP contribution in [0.4, 0.5) is 0 Å². The van der Waals surface area contributed by atoms with Crippen LogP contribution < -0.4 is 10.5 Å². The molecule has 0 saturated heterocycles. The molecule has 0 spiro atoms. The Hall–Kier alpha value is -2.33. The largest absolute Gasteiger partial charge is 0.497 e. The smallest absolute Gasteiger partial charge is 0.239 e. The standard InChI is InChI=1S/C18H20N2O2/c1-22-15-7-4-5-13(11-15)12-20-10-9-14-6-2-3-8-16(14)17(20)18(19)21/h2-8,11,17H,9-10,12H2,1H3,(H2,19,21). The minimum Gasteiger partial charge on any atom is -0.497 e. The summed E-state index contributed by atoms with van der Waals surface area (Å²) in [4.78, 5) is 14.1. The highest BCUT2D eigenvalue weighted by molar-refractivity contribution is 5.82. The van der Waals surface area contributed by atoms with Crippen LogP contribution >= 0.6 is 0 Å². The van der Waals surface area contributed by atoms with Gasteiger partial charge in [0.15, 0.2) is 0 Å². The second-order valence-corrected chi connectivity index (χ2v) is 5.58. The van der Waals surface area contributed by atoms with E-state index in [1.54, 1.807) is 7.11 Å². The van der Waals surface area contributed by atoms with E-state index in [2.05, 4.69) is 11.0 Å². The average Bonchev–Trinajstić information content (AvgIpc) is 2.54. The summed E-state index contributed by atoms with van der Waals surface area (Å²) < 4.78 is 5.26. The van der Waals surface area contributed by atoms with Gasteiger partial charge in [-0.05, 0) is 35.2 Å². The Kier molecular flexibility index (Phi) is 4.11. The van der Waals surface area contributed by atoms with Crippen molar-refractivity contribution in [3.05, 3.63) is 65.2 Å². The molecule has 1 aliphatic rings. The zero-order chi connectivity index (χ0) is 15.5. The lowest BCUT2D eigenvalue weighted by Gasteiger charge is -2.35. The number of nitrogens with zero attached hydrogens (tertiary/aromatic N) is 1. The van der Waals surface area contributed by atoms with Crippen molar-refractivity contribution in [1.29, 1.82) is 0 Å². The van der Waals surface area contributed by atoms with Gasteiger partial charge in [-0.2, -0.15) is 0 Å².